The van der Waals surface area contributed by atoms with Crippen molar-refractivity contribution in [1.29, 1.82) is 0 Å². The van der Waals surface area contributed by atoms with Crippen molar-refractivity contribution in [2.45, 2.75) is 23.9 Å². The standard InChI is InChI=1S/C20H20ClF3N2O4S/c1-30-17-9-6-15(21)11-18(17)31(28,29)26-10-2-3-13(12-26)19(27)25-16-7-4-14(5-8-16)20(22,23)24/h4-9,11,13H,2-3,10,12H2,1H3,(H,25,27)/t13-/m1/s1. The monoisotopic (exact) mass is 476 g/mol. The van der Waals surface area contributed by atoms with Crippen LogP contribution in [-0.4, -0.2) is 38.8 Å². The number of hydrogen-bond acceptors (Lipinski definition) is 4. The highest BCUT2D eigenvalue weighted by molar-refractivity contribution is 7.89. The summed E-state index contributed by atoms with van der Waals surface area (Å²) in [5.74, 6) is -0.977. The number of benzene rings is 2. The lowest BCUT2D eigenvalue weighted by molar-refractivity contribution is -0.137. The van der Waals surface area contributed by atoms with E-state index in [0.29, 0.717) is 12.8 Å². The van der Waals surface area contributed by atoms with Crippen LogP contribution in [0.4, 0.5) is 18.9 Å². The second-order valence-electron chi connectivity index (χ2n) is 7.06. The van der Waals surface area contributed by atoms with Gasteiger partial charge in [0.05, 0.1) is 18.6 Å². The topological polar surface area (TPSA) is 75.7 Å². The summed E-state index contributed by atoms with van der Waals surface area (Å²) < 4.78 is 70.6. The van der Waals surface area contributed by atoms with Gasteiger partial charge in [0.15, 0.2) is 0 Å². The molecule has 0 saturated carbocycles. The fourth-order valence-electron chi connectivity index (χ4n) is 3.35. The molecule has 1 atom stereocenters. The molecular weight excluding hydrogens is 457 g/mol. The summed E-state index contributed by atoms with van der Waals surface area (Å²) in [7, 11) is -2.62. The summed E-state index contributed by atoms with van der Waals surface area (Å²) >= 11 is 5.95. The van der Waals surface area contributed by atoms with Crippen molar-refractivity contribution in [3.05, 3.63) is 53.1 Å². The van der Waals surface area contributed by atoms with Crippen molar-refractivity contribution >= 4 is 33.2 Å². The Balaban J connectivity index is 1.74. The molecule has 31 heavy (non-hydrogen) atoms. The summed E-state index contributed by atoms with van der Waals surface area (Å²) in [4.78, 5) is 12.5. The van der Waals surface area contributed by atoms with Crippen LogP contribution in [0.3, 0.4) is 0 Å². The Bertz CT molecular complexity index is 1060. The van der Waals surface area contributed by atoms with Crippen LogP contribution < -0.4 is 10.1 Å². The van der Waals surface area contributed by atoms with E-state index in [-0.39, 0.29) is 34.4 Å². The molecule has 1 heterocycles. The first-order chi connectivity index (χ1) is 14.5. The Hall–Kier alpha value is -2.30. The molecule has 1 fully saturated rings. The quantitative estimate of drug-likeness (QED) is 0.693. The van der Waals surface area contributed by atoms with Crippen LogP contribution >= 0.6 is 11.6 Å². The molecule has 0 aliphatic carbocycles. The molecule has 0 radical (unpaired) electrons. The minimum atomic E-state index is -4.47. The van der Waals surface area contributed by atoms with E-state index in [1.54, 1.807) is 0 Å². The first-order valence-corrected chi connectivity index (χ1v) is 11.2. The molecule has 1 saturated heterocycles. The van der Waals surface area contributed by atoms with E-state index in [0.717, 1.165) is 24.3 Å². The van der Waals surface area contributed by atoms with E-state index in [2.05, 4.69) is 5.32 Å². The van der Waals surface area contributed by atoms with Gasteiger partial charge in [-0.3, -0.25) is 4.79 Å². The van der Waals surface area contributed by atoms with Gasteiger partial charge in [0.1, 0.15) is 10.6 Å². The molecule has 6 nitrogen and oxygen atoms in total. The SMILES string of the molecule is COc1ccc(Cl)cc1S(=O)(=O)N1CCC[C@@H](C(=O)Nc2ccc(C(F)(F)F)cc2)C1. The van der Waals surface area contributed by atoms with E-state index >= 15 is 0 Å². The van der Waals surface area contributed by atoms with Gasteiger partial charge in [-0.15, -0.1) is 0 Å². The van der Waals surface area contributed by atoms with Gasteiger partial charge in [-0.1, -0.05) is 11.6 Å². The lowest BCUT2D eigenvalue weighted by Crippen LogP contribution is -2.43. The lowest BCUT2D eigenvalue weighted by Gasteiger charge is -2.31. The maximum absolute atomic E-state index is 13.1. The third kappa shape index (κ3) is 5.31. The molecule has 1 aliphatic heterocycles. The first kappa shape index (κ1) is 23.4. The largest absolute Gasteiger partial charge is 0.495 e. The average Bonchev–Trinajstić information content (AvgIpc) is 2.73. The molecule has 2 aromatic carbocycles. The Labute approximate surface area is 183 Å². The predicted molar refractivity (Wildman–Crippen MR) is 110 cm³/mol. The van der Waals surface area contributed by atoms with Gasteiger partial charge in [-0.25, -0.2) is 8.42 Å². The minimum Gasteiger partial charge on any atom is -0.495 e. The maximum atomic E-state index is 13.1. The van der Waals surface area contributed by atoms with Crippen LogP contribution in [0.5, 0.6) is 5.75 Å². The third-order valence-electron chi connectivity index (χ3n) is 4.98. The van der Waals surface area contributed by atoms with Gasteiger partial charge in [-0.05, 0) is 55.3 Å². The molecule has 1 aliphatic rings. The van der Waals surface area contributed by atoms with Crippen LogP contribution in [-0.2, 0) is 21.0 Å². The zero-order chi connectivity index (χ0) is 22.8. The predicted octanol–water partition coefficient (Wildman–Crippen LogP) is 4.41. The smallest absolute Gasteiger partial charge is 0.416 e. The highest BCUT2D eigenvalue weighted by Crippen LogP contribution is 2.33. The molecular formula is C20H20ClF3N2O4S. The number of piperidine rings is 1. The molecule has 2 aromatic rings. The molecule has 168 valence electrons. The van der Waals surface area contributed by atoms with Crippen molar-refractivity contribution in [2.75, 3.05) is 25.5 Å². The van der Waals surface area contributed by atoms with Crippen molar-refractivity contribution in [3.8, 4) is 5.75 Å². The van der Waals surface area contributed by atoms with E-state index in [1.807, 2.05) is 0 Å². The maximum Gasteiger partial charge on any atom is 0.416 e. The Morgan fingerprint density at radius 1 is 1.19 bits per heavy atom. The van der Waals surface area contributed by atoms with Crippen LogP contribution in [0.15, 0.2) is 47.4 Å². The fraction of sp³-hybridized carbons (Fsp3) is 0.350. The zero-order valence-corrected chi connectivity index (χ0v) is 18.0. The van der Waals surface area contributed by atoms with Crippen molar-refractivity contribution in [1.82, 2.24) is 4.31 Å². The van der Waals surface area contributed by atoms with E-state index in [9.17, 15) is 26.4 Å². The number of ether oxygens (including phenoxy) is 1. The molecule has 0 spiro atoms. The van der Waals surface area contributed by atoms with Gasteiger partial charge >= 0.3 is 6.18 Å². The molecule has 11 heteroatoms. The fourth-order valence-corrected chi connectivity index (χ4v) is 5.29. The highest BCUT2D eigenvalue weighted by Gasteiger charge is 2.35. The van der Waals surface area contributed by atoms with Gasteiger partial charge in [0, 0.05) is 23.8 Å². The summed E-state index contributed by atoms with van der Waals surface area (Å²) in [5, 5.41) is 2.79. The van der Waals surface area contributed by atoms with Crippen LogP contribution in [0.2, 0.25) is 5.02 Å². The summed E-state index contributed by atoms with van der Waals surface area (Å²) in [6.07, 6.45) is -3.57. The molecule has 3 rings (SSSR count). The molecule has 0 unspecified atom stereocenters. The summed E-state index contributed by atoms with van der Waals surface area (Å²) in [5.41, 5.74) is -0.620. The summed E-state index contributed by atoms with van der Waals surface area (Å²) in [6, 6.07) is 8.33. The summed E-state index contributed by atoms with van der Waals surface area (Å²) in [6.45, 7) is 0.159. The second-order valence-corrected chi connectivity index (χ2v) is 9.40. The van der Waals surface area contributed by atoms with Crippen molar-refractivity contribution in [3.63, 3.8) is 0 Å². The van der Waals surface area contributed by atoms with Crippen molar-refractivity contribution in [2.24, 2.45) is 5.92 Å². The highest BCUT2D eigenvalue weighted by atomic mass is 35.5. The number of hydrogen-bond donors (Lipinski definition) is 1. The van der Waals surface area contributed by atoms with Gasteiger partial charge in [0.2, 0.25) is 15.9 Å². The molecule has 1 N–H and O–H groups in total. The van der Waals surface area contributed by atoms with Gasteiger partial charge < -0.3 is 10.1 Å². The van der Waals surface area contributed by atoms with Crippen LogP contribution in [0.25, 0.3) is 0 Å². The second kappa shape index (κ2) is 9.05. The number of halogens is 4. The van der Waals surface area contributed by atoms with Crippen molar-refractivity contribution < 1.29 is 31.1 Å². The molecule has 0 bridgehead atoms. The van der Waals surface area contributed by atoms with Crippen LogP contribution in [0.1, 0.15) is 18.4 Å². The molecule has 1 amide bonds. The minimum absolute atomic E-state index is 0.0650. The Kier molecular flexibility index (Phi) is 6.82. The van der Waals surface area contributed by atoms with E-state index in [1.165, 1.54) is 29.6 Å². The number of alkyl halides is 3. The average molecular weight is 477 g/mol. The number of carbonyl (C=O) groups is 1. The number of methoxy groups -OCH3 is 1. The Morgan fingerprint density at radius 3 is 2.48 bits per heavy atom. The van der Waals surface area contributed by atoms with E-state index < -0.39 is 33.6 Å². The number of nitrogens with one attached hydrogen (secondary N) is 1. The first-order valence-electron chi connectivity index (χ1n) is 9.34. The number of nitrogens with zero attached hydrogens (tertiary/aromatic N) is 1. The molecule has 0 aromatic heterocycles. The van der Waals surface area contributed by atoms with Gasteiger partial charge in [0.25, 0.3) is 0 Å². The zero-order valence-electron chi connectivity index (χ0n) is 16.4. The number of rotatable bonds is 5. The number of anilines is 1. The third-order valence-corrected chi connectivity index (χ3v) is 7.10. The van der Waals surface area contributed by atoms with E-state index in [4.69, 9.17) is 16.3 Å². The lowest BCUT2D eigenvalue weighted by atomic mass is 9.98. The van der Waals surface area contributed by atoms with Crippen LogP contribution in [0, 0.1) is 5.92 Å². The van der Waals surface area contributed by atoms with Gasteiger partial charge in [-0.2, -0.15) is 17.5 Å². The number of carbonyl (C=O) groups excluding carboxylic acids is 1. The Morgan fingerprint density at radius 2 is 1.87 bits per heavy atom. The number of amides is 1. The number of sulfonamides is 1. The normalized spacial score (nSPS) is 17.9.